The fourth-order valence-electron chi connectivity index (χ4n) is 0.799. The van der Waals surface area contributed by atoms with Crippen molar-refractivity contribution in [3.05, 3.63) is 0 Å². The number of carbonyl (C=O) groups is 1. The Hall–Kier alpha value is -0.570. The fraction of sp³-hybridized carbons (Fsp3) is 0.833. The fourth-order valence-corrected chi connectivity index (χ4v) is 0.799. The van der Waals surface area contributed by atoms with Crippen molar-refractivity contribution in [1.82, 2.24) is 5.32 Å². The summed E-state index contributed by atoms with van der Waals surface area (Å²) in [4.78, 5) is 8.36. The SMILES string of the molecule is CC1CCNC1.O=CO. The molecule has 3 heteroatoms. The van der Waals surface area contributed by atoms with Gasteiger partial charge in [0.2, 0.25) is 0 Å². The van der Waals surface area contributed by atoms with Gasteiger partial charge >= 0.3 is 0 Å². The molecule has 1 aliphatic rings. The van der Waals surface area contributed by atoms with E-state index >= 15 is 0 Å². The van der Waals surface area contributed by atoms with Crippen LogP contribution in [0.2, 0.25) is 0 Å². The van der Waals surface area contributed by atoms with Crippen LogP contribution >= 0.6 is 0 Å². The Balaban J connectivity index is 0.000000187. The van der Waals surface area contributed by atoms with Crippen LogP contribution < -0.4 is 5.32 Å². The maximum absolute atomic E-state index is 8.36. The van der Waals surface area contributed by atoms with Crippen LogP contribution in [0.25, 0.3) is 0 Å². The van der Waals surface area contributed by atoms with E-state index in [9.17, 15) is 0 Å². The van der Waals surface area contributed by atoms with Crippen molar-refractivity contribution in [2.24, 2.45) is 5.92 Å². The van der Waals surface area contributed by atoms with Gasteiger partial charge in [-0.15, -0.1) is 0 Å². The minimum absolute atomic E-state index is 0.250. The summed E-state index contributed by atoms with van der Waals surface area (Å²) in [5.41, 5.74) is 0. The van der Waals surface area contributed by atoms with E-state index in [2.05, 4.69) is 12.2 Å². The Labute approximate surface area is 55.1 Å². The van der Waals surface area contributed by atoms with E-state index < -0.39 is 0 Å². The highest BCUT2D eigenvalue weighted by Crippen LogP contribution is 2.03. The van der Waals surface area contributed by atoms with Crippen LogP contribution in [0.5, 0.6) is 0 Å². The van der Waals surface area contributed by atoms with Gasteiger partial charge in [0.05, 0.1) is 0 Å². The van der Waals surface area contributed by atoms with Crippen molar-refractivity contribution in [2.45, 2.75) is 13.3 Å². The molecule has 0 saturated carbocycles. The lowest BCUT2D eigenvalue weighted by molar-refractivity contribution is -0.122. The lowest BCUT2D eigenvalue weighted by atomic mass is 10.2. The van der Waals surface area contributed by atoms with E-state index in [-0.39, 0.29) is 6.47 Å². The molecule has 1 fully saturated rings. The zero-order chi connectivity index (χ0) is 7.11. The zero-order valence-electron chi connectivity index (χ0n) is 5.63. The Kier molecular flexibility index (Phi) is 5.21. The summed E-state index contributed by atoms with van der Waals surface area (Å²) in [7, 11) is 0. The largest absolute Gasteiger partial charge is 0.483 e. The van der Waals surface area contributed by atoms with E-state index in [4.69, 9.17) is 9.90 Å². The molecular formula is C6H13NO2. The quantitative estimate of drug-likeness (QED) is 0.465. The third-order valence-corrected chi connectivity index (χ3v) is 1.31. The molecule has 1 unspecified atom stereocenters. The first kappa shape index (κ1) is 8.43. The predicted molar refractivity (Wildman–Crippen MR) is 35.3 cm³/mol. The summed E-state index contributed by atoms with van der Waals surface area (Å²) in [5, 5.41) is 10.2. The van der Waals surface area contributed by atoms with Gasteiger partial charge in [-0.1, -0.05) is 6.92 Å². The standard InChI is InChI=1S/C5H11N.CH2O2/c1-5-2-3-6-4-5;2-1-3/h5-6H,2-4H2,1H3;1H,(H,2,3). The van der Waals surface area contributed by atoms with E-state index in [0.717, 1.165) is 5.92 Å². The molecule has 1 rings (SSSR count). The normalized spacial score (nSPS) is 24.3. The van der Waals surface area contributed by atoms with Crippen molar-refractivity contribution in [3.8, 4) is 0 Å². The second-order valence-corrected chi connectivity index (χ2v) is 2.20. The van der Waals surface area contributed by atoms with Crippen LogP contribution in [0.1, 0.15) is 13.3 Å². The number of rotatable bonds is 0. The van der Waals surface area contributed by atoms with Crippen molar-refractivity contribution < 1.29 is 9.90 Å². The van der Waals surface area contributed by atoms with E-state index in [1.165, 1.54) is 19.5 Å². The van der Waals surface area contributed by atoms with Crippen molar-refractivity contribution in [1.29, 1.82) is 0 Å². The molecular weight excluding hydrogens is 118 g/mol. The lowest BCUT2D eigenvalue weighted by Gasteiger charge is -1.90. The highest BCUT2D eigenvalue weighted by molar-refractivity contribution is 5.32. The molecule has 1 atom stereocenters. The third-order valence-electron chi connectivity index (χ3n) is 1.31. The first-order valence-corrected chi connectivity index (χ1v) is 3.09. The minimum Gasteiger partial charge on any atom is -0.483 e. The molecule has 0 aromatic heterocycles. The van der Waals surface area contributed by atoms with Crippen LogP contribution in [0.15, 0.2) is 0 Å². The molecule has 54 valence electrons. The summed E-state index contributed by atoms with van der Waals surface area (Å²) in [6, 6.07) is 0. The first-order chi connectivity index (χ1) is 4.31. The van der Waals surface area contributed by atoms with Gasteiger partial charge in [-0.05, 0) is 25.4 Å². The van der Waals surface area contributed by atoms with Gasteiger partial charge in [0.1, 0.15) is 0 Å². The summed E-state index contributed by atoms with van der Waals surface area (Å²) >= 11 is 0. The monoisotopic (exact) mass is 131 g/mol. The molecule has 0 aliphatic carbocycles. The lowest BCUT2D eigenvalue weighted by Crippen LogP contribution is -2.06. The molecule has 9 heavy (non-hydrogen) atoms. The van der Waals surface area contributed by atoms with E-state index in [1.54, 1.807) is 0 Å². The number of hydrogen-bond acceptors (Lipinski definition) is 2. The van der Waals surface area contributed by atoms with Gasteiger partial charge < -0.3 is 10.4 Å². The number of hydrogen-bond donors (Lipinski definition) is 2. The molecule has 0 aromatic rings. The van der Waals surface area contributed by atoms with Crippen molar-refractivity contribution in [2.75, 3.05) is 13.1 Å². The third kappa shape index (κ3) is 5.30. The Morgan fingerprint density at radius 2 is 2.33 bits per heavy atom. The summed E-state index contributed by atoms with van der Waals surface area (Å²) < 4.78 is 0. The van der Waals surface area contributed by atoms with Crippen LogP contribution in [0.3, 0.4) is 0 Å². The van der Waals surface area contributed by atoms with Gasteiger partial charge in [0.25, 0.3) is 6.47 Å². The summed E-state index contributed by atoms with van der Waals surface area (Å²) in [6.45, 7) is 4.50. The zero-order valence-corrected chi connectivity index (χ0v) is 5.63. The Morgan fingerprint density at radius 3 is 2.44 bits per heavy atom. The van der Waals surface area contributed by atoms with Gasteiger partial charge in [0.15, 0.2) is 0 Å². The van der Waals surface area contributed by atoms with Gasteiger partial charge in [-0.25, -0.2) is 0 Å². The highest BCUT2D eigenvalue weighted by atomic mass is 16.3. The first-order valence-electron chi connectivity index (χ1n) is 3.09. The van der Waals surface area contributed by atoms with Crippen LogP contribution in [-0.4, -0.2) is 24.7 Å². The predicted octanol–water partition coefficient (Wildman–Crippen LogP) is 0.317. The maximum Gasteiger partial charge on any atom is 0.290 e. The van der Waals surface area contributed by atoms with Crippen LogP contribution in [0, 0.1) is 5.92 Å². The Morgan fingerprint density at radius 1 is 1.78 bits per heavy atom. The number of nitrogens with one attached hydrogen (secondary N) is 1. The molecule has 0 amide bonds. The molecule has 1 aliphatic heterocycles. The van der Waals surface area contributed by atoms with E-state index in [0.29, 0.717) is 0 Å². The average Bonchev–Trinajstić information content (AvgIpc) is 2.20. The molecule has 0 spiro atoms. The van der Waals surface area contributed by atoms with Gasteiger partial charge in [0, 0.05) is 0 Å². The Bertz CT molecular complexity index is 69.5. The maximum atomic E-state index is 8.36. The molecule has 3 nitrogen and oxygen atoms in total. The smallest absolute Gasteiger partial charge is 0.290 e. The summed E-state index contributed by atoms with van der Waals surface area (Å²) in [6.07, 6.45) is 1.38. The van der Waals surface area contributed by atoms with Gasteiger partial charge in [-0.3, -0.25) is 4.79 Å². The van der Waals surface area contributed by atoms with Crippen molar-refractivity contribution in [3.63, 3.8) is 0 Å². The topological polar surface area (TPSA) is 49.3 Å². The number of carboxylic acid groups (broad SMARTS) is 1. The highest BCUT2D eigenvalue weighted by Gasteiger charge is 2.06. The molecule has 1 saturated heterocycles. The molecule has 0 aromatic carbocycles. The average molecular weight is 131 g/mol. The molecule has 0 bridgehead atoms. The minimum atomic E-state index is -0.250. The van der Waals surface area contributed by atoms with Gasteiger partial charge in [-0.2, -0.15) is 0 Å². The van der Waals surface area contributed by atoms with Crippen LogP contribution in [-0.2, 0) is 4.79 Å². The second kappa shape index (κ2) is 5.56. The van der Waals surface area contributed by atoms with E-state index in [1.807, 2.05) is 0 Å². The summed E-state index contributed by atoms with van der Waals surface area (Å²) in [5.74, 6) is 0.935. The molecule has 0 radical (unpaired) electrons. The second-order valence-electron chi connectivity index (χ2n) is 2.20. The molecule has 2 N–H and O–H groups in total. The van der Waals surface area contributed by atoms with Crippen molar-refractivity contribution >= 4 is 6.47 Å². The van der Waals surface area contributed by atoms with Crippen LogP contribution in [0.4, 0.5) is 0 Å². The molecule has 1 heterocycles.